The van der Waals surface area contributed by atoms with Crippen LogP contribution in [0.5, 0.6) is 5.75 Å². The molecule has 98 valence electrons. The van der Waals surface area contributed by atoms with Crippen LogP contribution < -0.4 is 10.1 Å². The average molecular weight is 272 g/mol. The number of hydrogen-bond donors (Lipinski definition) is 1. The summed E-state index contributed by atoms with van der Waals surface area (Å²) in [5.74, 6) is -0.119. The molecule has 1 aliphatic heterocycles. The van der Waals surface area contributed by atoms with Crippen molar-refractivity contribution in [2.45, 2.75) is 31.9 Å². The first-order chi connectivity index (χ1) is 8.41. The lowest BCUT2D eigenvalue weighted by atomic mass is 9.89. The van der Waals surface area contributed by atoms with E-state index >= 15 is 0 Å². The molecule has 1 amide bonds. The van der Waals surface area contributed by atoms with Gasteiger partial charge >= 0.3 is 0 Å². The Morgan fingerprint density at radius 2 is 2.33 bits per heavy atom. The second-order valence-corrected chi connectivity index (χ2v) is 5.27. The zero-order valence-corrected chi connectivity index (χ0v) is 11.1. The Morgan fingerprint density at radius 1 is 1.61 bits per heavy atom. The molecule has 1 aromatic rings. The molecule has 1 heterocycles. The Kier molecular flexibility index (Phi) is 3.48. The van der Waals surface area contributed by atoms with E-state index in [1.807, 2.05) is 13.8 Å². The molecule has 18 heavy (non-hydrogen) atoms. The van der Waals surface area contributed by atoms with Crippen molar-refractivity contribution < 1.29 is 13.9 Å². The van der Waals surface area contributed by atoms with Gasteiger partial charge in [0, 0.05) is 12.0 Å². The summed E-state index contributed by atoms with van der Waals surface area (Å²) < 4.78 is 19.1. The molecule has 3 nitrogen and oxygen atoms in total. The van der Waals surface area contributed by atoms with Gasteiger partial charge in [-0.1, -0.05) is 0 Å². The van der Waals surface area contributed by atoms with Crippen LogP contribution in [0, 0.1) is 5.82 Å². The molecule has 1 aliphatic rings. The van der Waals surface area contributed by atoms with Crippen LogP contribution in [0.4, 0.5) is 4.39 Å². The number of halogens is 2. The summed E-state index contributed by atoms with van der Waals surface area (Å²) in [4.78, 5) is 11.4. The van der Waals surface area contributed by atoms with E-state index in [1.54, 1.807) is 6.07 Å². The highest BCUT2D eigenvalue weighted by Crippen LogP contribution is 2.39. The minimum absolute atomic E-state index is 0.109. The van der Waals surface area contributed by atoms with E-state index in [-0.39, 0.29) is 23.6 Å². The fraction of sp³-hybridized carbons (Fsp3) is 0.462. The quantitative estimate of drug-likeness (QED) is 0.840. The molecule has 0 aromatic heterocycles. The van der Waals surface area contributed by atoms with Crippen molar-refractivity contribution in [1.82, 2.24) is 5.32 Å². The summed E-state index contributed by atoms with van der Waals surface area (Å²) >= 11 is 5.48. The number of ether oxygens (including phenoxy) is 1. The highest BCUT2D eigenvalue weighted by Gasteiger charge is 2.34. The molecule has 0 bridgehead atoms. The van der Waals surface area contributed by atoms with Gasteiger partial charge in [0.1, 0.15) is 23.0 Å². The molecule has 0 saturated heterocycles. The van der Waals surface area contributed by atoms with E-state index in [0.29, 0.717) is 17.7 Å². The lowest BCUT2D eigenvalue weighted by Crippen LogP contribution is -2.41. The lowest BCUT2D eigenvalue weighted by molar-refractivity contribution is -0.119. The number of carbonyl (C=O) groups is 1. The first kappa shape index (κ1) is 13.1. The van der Waals surface area contributed by atoms with E-state index in [1.165, 1.54) is 12.1 Å². The fourth-order valence-corrected chi connectivity index (χ4v) is 2.26. The van der Waals surface area contributed by atoms with Gasteiger partial charge < -0.3 is 10.1 Å². The van der Waals surface area contributed by atoms with E-state index in [9.17, 15) is 9.18 Å². The Balaban J connectivity index is 2.35. The summed E-state index contributed by atoms with van der Waals surface area (Å²) in [6.07, 6.45) is 0.575. The van der Waals surface area contributed by atoms with Gasteiger partial charge in [-0.3, -0.25) is 4.79 Å². The van der Waals surface area contributed by atoms with Crippen LogP contribution in [0.1, 0.15) is 31.9 Å². The van der Waals surface area contributed by atoms with E-state index in [0.717, 1.165) is 0 Å². The highest BCUT2D eigenvalue weighted by atomic mass is 35.5. The SMILES string of the molecule is CC1(C)C[C@@H](NC(=O)CCl)c2cc(F)ccc2O1. The Labute approximate surface area is 110 Å². The average Bonchev–Trinajstić information content (AvgIpc) is 2.29. The van der Waals surface area contributed by atoms with Crippen LogP contribution in [0.3, 0.4) is 0 Å². The van der Waals surface area contributed by atoms with Gasteiger partial charge in [-0.05, 0) is 32.0 Å². The van der Waals surface area contributed by atoms with Crippen LogP contribution in [-0.4, -0.2) is 17.4 Å². The number of benzene rings is 1. The van der Waals surface area contributed by atoms with Crippen molar-refractivity contribution in [2.24, 2.45) is 0 Å². The molecule has 0 unspecified atom stereocenters. The summed E-state index contributed by atoms with van der Waals surface area (Å²) in [5.41, 5.74) is 0.252. The molecular formula is C13H15ClFNO2. The number of carbonyl (C=O) groups excluding carboxylic acids is 1. The highest BCUT2D eigenvalue weighted by molar-refractivity contribution is 6.27. The van der Waals surface area contributed by atoms with E-state index in [2.05, 4.69) is 5.32 Å². The van der Waals surface area contributed by atoms with Gasteiger partial charge in [-0.2, -0.15) is 0 Å². The first-order valence-corrected chi connectivity index (χ1v) is 6.28. The number of alkyl halides is 1. The monoisotopic (exact) mass is 271 g/mol. The number of hydrogen-bond acceptors (Lipinski definition) is 2. The molecule has 2 rings (SSSR count). The molecule has 1 aromatic carbocycles. The largest absolute Gasteiger partial charge is 0.487 e. The van der Waals surface area contributed by atoms with Crippen molar-refractivity contribution >= 4 is 17.5 Å². The second kappa shape index (κ2) is 4.76. The van der Waals surface area contributed by atoms with Gasteiger partial charge in [0.05, 0.1) is 6.04 Å². The topological polar surface area (TPSA) is 38.3 Å². The summed E-state index contributed by atoms with van der Waals surface area (Å²) in [7, 11) is 0. The molecule has 0 aliphatic carbocycles. The van der Waals surface area contributed by atoms with Crippen LogP contribution in [0.2, 0.25) is 0 Å². The molecule has 0 saturated carbocycles. The summed E-state index contributed by atoms with van der Waals surface area (Å²) in [5, 5.41) is 2.79. The maximum Gasteiger partial charge on any atom is 0.235 e. The zero-order valence-electron chi connectivity index (χ0n) is 10.3. The summed E-state index contributed by atoms with van der Waals surface area (Å²) in [6.45, 7) is 3.86. The number of nitrogens with one attached hydrogen (secondary N) is 1. The minimum atomic E-state index is -0.408. The van der Waals surface area contributed by atoms with Crippen molar-refractivity contribution in [3.63, 3.8) is 0 Å². The Bertz CT molecular complexity index is 476. The van der Waals surface area contributed by atoms with Crippen molar-refractivity contribution in [3.05, 3.63) is 29.6 Å². The molecule has 0 radical (unpaired) electrons. The predicted molar refractivity (Wildman–Crippen MR) is 67.3 cm³/mol. The van der Waals surface area contributed by atoms with Crippen molar-refractivity contribution in [2.75, 3.05) is 5.88 Å². The maximum absolute atomic E-state index is 13.3. The van der Waals surface area contributed by atoms with Crippen LogP contribution in [0.15, 0.2) is 18.2 Å². The lowest BCUT2D eigenvalue weighted by Gasteiger charge is -2.37. The van der Waals surface area contributed by atoms with E-state index in [4.69, 9.17) is 16.3 Å². The van der Waals surface area contributed by atoms with E-state index < -0.39 is 5.60 Å². The molecule has 0 fully saturated rings. The predicted octanol–water partition coefficient (Wildman–Crippen LogP) is 2.78. The summed E-state index contributed by atoms with van der Waals surface area (Å²) in [6, 6.07) is 4.06. The van der Waals surface area contributed by atoms with Gasteiger partial charge in [0.2, 0.25) is 5.91 Å². The van der Waals surface area contributed by atoms with Gasteiger partial charge in [0.15, 0.2) is 0 Å². The number of rotatable bonds is 2. The van der Waals surface area contributed by atoms with Gasteiger partial charge in [0.25, 0.3) is 0 Å². The second-order valence-electron chi connectivity index (χ2n) is 5.00. The van der Waals surface area contributed by atoms with Gasteiger partial charge in [-0.25, -0.2) is 4.39 Å². The minimum Gasteiger partial charge on any atom is -0.487 e. The van der Waals surface area contributed by atoms with Crippen LogP contribution in [-0.2, 0) is 4.79 Å². The van der Waals surface area contributed by atoms with Crippen LogP contribution in [0.25, 0.3) is 0 Å². The molecule has 5 heteroatoms. The maximum atomic E-state index is 13.3. The molecule has 0 spiro atoms. The normalized spacial score (nSPS) is 20.8. The van der Waals surface area contributed by atoms with Crippen molar-refractivity contribution in [3.8, 4) is 5.75 Å². The van der Waals surface area contributed by atoms with Crippen molar-refractivity contribution in [1.29, 1.82) is 0 Å². The zero-order chi connectivity index (χ0) is 13.3. The Morgan fingerprint density at radius 3 is 3.00 bits per heavy atom. The first-order valence-electron chi connectivity index (χ1n) is 5.75. The number of fused-ring (bicyclic) bond motifs is 1. The third-order valence-corrected chi connectivity index (χ3v) is 3.13. The fourth-order valence-electron chi connectivity index (χ4n) is 2.19. The van der Waals surface area contributed by atoms with Crippen LogP contribution >= 0.6 is 11.6 Å². The third-order valence-electron chi connectivity index (χ3n) is 2.89. The van der Waals surface area contributed by atoms with Gasteiger partial charge in [-0.15, -0.1) is 11.6 Å². The molecule has 1 atom stereocenters. The standard InChI is InChI=1S/C13H15ClFNO2/c1-13(2)6-10(16-12(17)7-14)9-5-8(15)3-4-11(9)18-13/h3-5,10H,6-7H2,1-2H3,(H,16,17)/t10-/m1/s1. The smallest absolute Gasteiger partial charge is 0.235 e. The Hall–Kier alpha value is -1.29. The number of amides is 1. The third kappa shape index (κ3) is 2.75. The molecule has 1 N–H and O–H groups in total. The molecular weight excluding hydrogens is 257 g/mol.